The van der Waals surface area contributed by atoms with E-state index < -0.39 is 20.0 Å². The highest BCUT2D eigenvalue weighted by Crippen LogP contribution is 2.30. The lowest BCUT2D eigenvalue weighted by atomic mass is 10.1. The standard InChI is InChI=1S/C22H31N3O5S2/c1-4-5-10-23-21-9-8-20(32(28,29)25-11-13-30-14-12-25)16-22(21)24-31(26,27)19-7-6-17(2)18(3)15-19/h6-9,15-16,23-24H,4-5,10-14H2,1-3H3. The van der Waals surface area contributed by atoms with Gasteiger partial charge in [-0.3, -0.25) is 4.72 Å². The molecule has 0 radical (unpaired) electrons. The third kappa shape index (κ3) is 5.61. The van der Waals surface area contributed by atoms with Crippen molar-refractivity contribution in [3.63, 3.8) is 0 Å². The largest absolute Gasteiger partial charge is 0.383 e. The Kier molecular flexibility index (Phi) is 7.81. The van der Waals surface area contributed by atoms with Gasteiger partial charge < -0.3 is 10.1 Å². The summed E-state index contributed by atoms with van der Waals surface area (Å²) in [6.07, 6.45) is 1.87. The molecule has 0 unspecified atom stereocenters. The average molecular weight is 482 g/mol. The number of rotatable bonds is 9. The number of nitrogens with one attached hydrogen (secondary N) is 2. The molecule has 1 aliphatic rings. The number of morpholine rings is 1. The first-order valence-electron chi connectivity index (χ1n) is 10.7. The third-order valence-electron chi connectivity index (χ3n) is 5.48. The summed E-state index contributed by atoms with van der Waals surface area (Å²) >= 11 is 0. The van der Waals surface area contributed by atoms with Crippen LogP contribution in [0.4, 0.5) is 11.4 Å². The second kappa shape index (κ2) is 10.2. The summed E-state index contributed by atoms with van der Waals surface area (Å²) in [5.41, 5.74) is 2.59. The molecule has 1 heterocycles. The maximum Gasteiger partial charge on any atom is 0.261 e. The van der Waals surface area contributed by atoms with Gasteiger partial charge in [-0.2, -0.15) is 4.31 Å². The number of ether oxygens (including phenoxy) is 1. The Morgan fingerprint density at radius 3 is 2.25 bits per heavy atom. The molecule has 0 aliphatic carbocycles. The Bertz CT molecular complexity index is 1160. The normalized spacial score (nSPS) is 15.5. The van der Waals surface area contributed by atoms with E-state index in [0.717, 1.165) is 24.0 Å². The summed E-state index contributed by atoms with van der Waals surface area (Å²) in [6.45, 7) is 7.67. The van der Waals surface area contributed by atoms with Gasteiger partial charge in [0.2, 0.25) is 10.0 Å². The monoisotopic (exact) mass is 481 g/mol. The first-order valence-corrected chi connectivity index (χ1v) is 13.6. The molecular formula is C22H31N3O5S2. The quantitative estimate of drug-likeness (QED) is 0.532. The molecule has 0 aromatic heterocycles. The number of aryl methyl sites for hydroxylation is 2. The Balaban J connectivity index is 1.98. The predicted molar refractivity (Wildman–Crippen MR) is 126 cm³/mol. The first-order chi connectivity index (χ1) is 15.1. The van der Waals surface area contributed by atoms with Crippen LogP contribution < -0.4 is 10.0 Å². The van der Waals surface area contributed by atoms with Crippen LogP contribution in [0.1, 0.15) is 30.9 Å². The van der Waals surface area contributed by atoms with E-state index in [9.17, 15) is 16.8 Å². The first kappa shape index (κ1) is 24.5. The van der Waals surface area contributed by atoms with Crippen molar-refractivity contribution in [1.29, 1.82) is 0 Å². The van der Waals surface area contributed by atoms with Gasteiger partial charge in [0, 0.05) is 19.6 Å². The molecule has 176 valence electrons. The van der Waals surface area contributed by atoms with E-state index in [1.807, 2.05) is 13.8 Å². The van der Waals surface area contributed by atoms with Crippen molar-refractivity contribution in [2.75, 3.05) is 42.9 Å². The summed E-state index contributed by atoms with van der Waals surface area (Å²) in [6, 6.07) is 9.41. The van der Waals surface area contributed by atoms with E-state index in [2.05, 4.69) is 17.0 Å². The number of unbranched alkanes of at least 4 members (excludes halogenated alkanes) is 1. The van der Waals surface area contributed by atoms with Crippen molar-refractivity contribution in [3.8, 4) is 0 Å². The van der Waals surface area contributed by atoms with Gasteiger partial charge in [-0.1, -0.05) is 19.4 Å². The fourth-order valence-corrected chi connectivity index (χ4v) is 5.93. The molecule has 1 fully saturated rings. The van der Waals surface area contributed by atoms with Crippen LogP contribution in [0.25, 0.3) is 0 Å². The SMILES string of the molecule is CCCCNc1ccc(S(=O)(=O)N2CCOCC2)cc1NS(=O)(=O)c1ccc(C)c(C)c1. The lowest BCUT2D eigenvalue weighted by Crippen LogP contribution is -2.40. The van der Waals surface area contributed by atoms with Crippen LogP contribution in [0.2, 0.25) is 0 Å². The molecule has 0 saturated carbocycles. The lowest BCUT2D eigenvalue weighted by molar-refractivity contribution is 0.0730. The summed E-state index contributed by atoms with van der Waals surface area (Å²) < 4.78 is 61.6. The summed E-state index contributed by atoms with van der Waals surface area (Å²) in [7, 11) is -7.68. The van der Waals surface area contributed by atoms with Crippen LogP contribution in [0.3, 0.4) is 0 Å². The van der Waals surface area contributed by atoms with Crippen molar-refractivity contribution in [2.45, 2.75) is 43.4 Å². The molecule has 2 aromatic carbocycles. The van der Waals surface area contributed by atoms with E-state index >= 15 is 0 Å². The molecule has 32 heavy (non-hydrogen) atoms. The Morgan fingerprint density at radius 2 is 1.59 bits per heavy atom. The molecule has 1 aliphatic heterocycles. The van der Waals surface area contributed by atoms with Crippen LogP contribution in [-0.4, -0.2) is 54.0 Å². The molecule has 1 saturated heterocycles. The fourth-order valence-electron chi connectivity index (χ4n) is 3.34. The van der Waals surface area contributed by atoms with Gasteiger partial charge in [-0.25, -0.2) is 16.8 Å². The lowest BCUT2D eigenvalue weighted by Gasteiger charge is -2.26. The van der Waals surface area contributed by atoms with Gasteiger partial charge in [0.15, 0.2) is 0 Å². The summed E-state index contributed by atoms with van der Waals surface area (Å²) in [4.78, 5) is 0.166. The van der Waals surface area contributed by atoms with Gasteiger partial charge in [-0.15, -0.1) is 0 Å². The van der Waals surface area contributed by atoms with Crippen LogP contribution in [0.15, 0.2) is 46.2 Å². The maximum absolute atomic E-state index is 13.1. The van der Waals surface area contributed by atoms with Gasteiger partial charge in [-0.05, 0) is 61.7 Å². The minimum absolute atomic E-state index is 0.0400. The van der Waals surface area contributed by atoms with Crippen molar-refractivity contribution < 1.29 is 21.6 Å². The van der Waals surface area contributed by atoms with E-state index in [1.165, 1.54) is 16.4 Å². The minimum Gasteiger partial charge on any atom is -0.383 e. The van der Waals surface area contributed by atoms with Crippen molar-refractivity contribution in [1.82, 2.24) is 4.31 Å². The van der Waals surface area contributed by atoms with Crippen molar-refractivity contribution in [2.24, 2.45) is 0 Å². The highest BCUT2D eigenvalue weighted by Gasteiger charge is 2.27. The summed E-state index contributed by atoms with van der Waals surface area (Å²) in [5.74, 6) is 0. The average Bonchev–Trinajstić information content (AvgIpc) is 2.77. The Morgan fingerprint density at radius 1 is 0.906 bits per heavy atom. The molecule has 0 amide bonds. The van der Waals surface area contributed by atoms with E-state index in [4.69, 9.17) is 4.74 Å². The number of hydrogen-bond donors (Lipinski definition) is 2. The molecule has 10 heteroatoms. The smallest absolute Gasteiger partial charge is 0.261 e. The third-order valence-corrected chi connectivity index (χ3v) is 8.74. The Labute approximate surface area is 191 Å². The molecular weight excluding hydrogens is 450 g/mol. The summed E-state index contributed by atoms with van der Waals surface area (Å²) in [5, 5.41) is 3.21. The molecule has 3 rings (SSSR count). The zero-order valence-electron chi connectivity index (χ0n) is 18.7. The number of benzene rings is 2. The number of anilines is 2. The van der Waals surface area contributed by atoms with Crippen molar-refractivity contribution >= 4 is 31.4 Å². The molecule has 0 spiro atoms. The molecule has 0 atom stereocenters. The number of hydrogen-bond acceptors (Lipinski definition) is 6. The van der Waals surface area contributed by atoms with Crippen LogP contribution in [0, 0.1) is 13.8 Å². The zero-order valence-corrected chi connectivity index (χ0v) is 20.4. The molecule has 2 N–H and O–H groups in total. The van der Waals surface area contributed by atoms with Gasteiger partial charge in [0.25, 0.3) is 10.0 Å². The minimum atomic E-state index is -3.91. The number of nitrogens with zero attached hydrogens (tertiary/aromatic N) is 1. The van der Waals surface area contributed by atoms with E-state index in [-0.39, 0.29) is 28.6 Å². The van der Waals surface area contributed by atoms with E-state index in [0.29, 0.717) is 25.4 Å². The van der Waals surface area contributed by atoms with Gasteiger partial charge in [0.05, 0.1) is 34.4 Å². The highest BCUT2D eigenvalue weighted by molar-refractivity contribution is 7.92. The molecule has 8 nitrogen and oxygen atoms in total. The van der Waals surface area contributed by atoms with Crippen LogP contribution in [-0.2, 0) is 24.8 Å². The fraction of sp³-hybridized carbons (Fsp3) is 0.455. The maximum atomic E-state index is 13.1. The number of sulfonamides is 2. The molecule has 2 aromatic rings. The predicted octanol–water partition coefficient (Wildman–Crippen LogP) is 3.34. The second-order valence-electron chi connectivity index (χ2n) is 7.86. The molecule has 0 bridgehead atoms. The van der Waals surface area contributed by atoms with Crippen LogP contribution in [0.5, 0.6) is 0 Å². The van der Waals surface area contributed by atoms with Gasteiger partial charge in [0.1, 0.15) is 0 Å². The zero-order chi connectivity index (χ0) is 23.4. The Hall–Kier alpha value is -2.14. The van der Waals surface area contributed by atoms with Crippen molar-refractivity contribution in [3.05, 3.63) is 47.5 Å². The topological polar surface area (TPSA) is 105 Å². The van der Waals surface area contributed by atoms with Gasteiger partial charge >= 0.3 is 0 Å². The van der Waals surface area contributed by atoms with Crippen LogP contribution >= 0.6 is 0 Å². The highest BCUT2D eigenvalue weighted by atomic mass is 32.2. The second-order valence-corrected chi connectivity index (χ2v) is 11.5. The van der Waals surface area contributed by atoms with E-state index in [1.54, 1.807) is 24.3 Å².